The van der Waals surface area contributed by atoms with Gasteiger partial charge in [0.05, 0.1) is 6.10 Å². The Hall–Kier alpha value is -1.26. The van der Waals surface area contributed by atoms with Gasteiger partial charge in [0.1, 0.15) is 11.6 Å². The van der Waals surface area contributed by atoms with Gasteiger partial charge < -0.3 is 5.11 Å². The summed E-state index contributed by atoms with van der Waals surface area (Å²) in [6.45, 7) is 0. The molecule has 0 amide bonds. The third kappa shape index (κ3) is 3.62. The van der Waals surface area contributed by atoms with Crippen LogP contribution in [0.4, 0.5) is 8.78 Å². The van der Waals surface area contributed by atoms with Crippen LogP contribution in [0.3, 0.4) is 0 Å². The number of hydrogen-bond donors (Lipinski definition) is 1. The molecule has 2 aromatic rings. The van der Waals surface area contributed by atoms with Crippen LogP contribution in [-0.2, 0) is 6.42 Å². The molecule has 1 nitrogen and oxygen atoms in total. The number of thiophene rings is 1. The smallest absolute Gasteiger partial charge is 0.126 e. The monoisotopic (exact) mass is 268 g/mol. The zero-order chi connectivity index (χ0) is 13.0. The minimum absolute atomic E-state index is 0.304. The van der Waals surface area contributed by atoms with Gasteiger partial charge in [-0.05, 0) is 48.4 Å². The highest BCUT2D eigenvalue weighted by Crippen LogP contribution is 2.22. The van der Waals surface area contributed by atoms with E-state index < -0.39 is 17.7 Å². The van der Waals surface area contributed by atoms with Gasteiger partial charge in [-0.3, -0.25) is 0 Å². The van der Waals surface area contributed by atoms with Crippen molar-refractivity contribution < 1.29 is 13.9 Å². The highest BCUT2D eigenvalue weighted by molar-refractivity contribution is 7.09. The predicted octanol–water partition coefficient (Wildman–Crippen LogP) is 4.08. The topological polar surface area (TPSA) is 20.2 Å². The fourth-order valence-electron chi connectivity index (χ4n) is 1.86. The molecular formula is C14H14F2OS. The summed E-state index contributed by atoms with van der Waals surface area (Å²) in [5.41, 5.74) is 0.304. The van der Waals surface area contributed by atoms with Gasteiger partial charge in [-0.1, -0.05) is 6.07 Å². The lowest BCUT2D eigenvalue weighted by atomic mass is 10.0. The van der Waals surface area contributed by atoms with Crippen molar-refractivity contribution in [3.05, 3.63) is 57.8 Å². The second-order valence-corrected chi connectivity index (χ2v) is 5.22. The molecule has 2 rings (SSSR count). The van der Waals surface area contributed by atoms with Gasteiger partial charge in [-0.2, -0.15) is 0 Å². The lowest BCUT2D eigenvalue weighted by Gasteiger charge is -2.10. The molecule has 1 N–H and O–H groups in total. The average Bonchev–Trinajstić information content (AvgIpc) is 2.80. The van der Waals surface area contributed by atoms with E-state index >= 15 is 0 Å². The zero-order valence-electron chi connectivity index (χ0n) is 9.77. The fourth-order valence-corrected chi connectivity index (χ4v) is 2.61. The molecule has 0 aliphatic carbocycles. The molecule has 0 saturated carbocycles. The van der Waals surface area contributed by atoms with Crippen molar-refractivity contribution in [1.82, 2.24) is 0 Å². The Balaban J connectivity index is 1.89. The Morgan fingerprint density at radius 2 is 1.89 bits per heavy atom. The van der Waals surface area contributed by atoms with Crippen LogP contribution in [0.25, 0.3) is 0 Å². The van der Waals surface area contributed by atoms with Crippen molar-refractivity contribution in [3.8, 4) is 0 Å². The van der Waals surface area contributed by atoms with Crippen LogP contribution in [0.2, 0.25) is 0 Å². The lowest BCUT2D eigenvalue weighted by Crippen LogP contribution is -2.00. The molecule has 0 aliphatic rings. The second kappa shape index (κ2) is 6.07. The molecule has 4 heteroatoms. The number of aliphatic hydroxyl groups is 1. The first kappa shape index (κ1) is 13.2. The first-order chi connectivity index (χ1) is 8.65. The molecule has 18 heavy (non-hydrogen) atoms. The van der Waals surface area contributed by atoms with Crippen LogP contribution < -0.4 is 0 Å². The Morgan fingerprint density at radius 3 is 2.50 bits per heavy atom. The van der Waals surface area contributed by atoms with Crippen LogP contribution in [0.1, 0.15) is 29.4 Å². The number of aliphatic hydroxyl groups excluding tert-OH is 1. The average molecular weight is 268 g/mol. The Morgan fingerprint density at radius 1 is 1.17 bits per heavy atom. The molecular weight excluding hydrogens is 254 g/mol. The van der Waals surface area contributed by atoms with Crippen molar-refractivity contribution >= 4 is 11.3 Å². The molecule has 0 aliphatic heterocycles. The molecule has 0 saturated heterocycles. The molecule has 0 spiro atoms. The summed E-state index contributed by atoms with van der Waals surface area (Å²) in [6.07, 6.45) is 1.36. The summed E-state index contributed by atoms with van der Waals surface area (Å²) in [7, 11) is 0. The highest BCUT2D eigenvalue weighted by atomic mass is 32.1. The minimum Gasteiger partial charge on any atom is -0.388 e. The third-order valence-electron chi connectivity index (χ3n) is 2.75. The van der Waals surface area contributed by atoms with E-state index in [9.17, 15) is 13.9 Å². The van der Waals surface area contributed by atoms with E-state index in [1.54, 1.807) is 11.3 Å². The summed E-state index contributed by atoms with van der Waals surface area (Å²) in [6, 6.07) is 7.19. The van der Waals surface area contributed by atoms with Crippen LogP contribution >= 0.6 is 11.3 Å². The zero-order valence-corrected chi connectivity index (χ0v) is 10.6. The first-order valence-electron chi connectivity index (χ1n) is 5.81. The molecule has 0 bridgehead atoms. The maximum absolute atomic E-state index is 13.0. The fraction of sp³-hybridized carbons (Fsp3) is 0.286. The van der Waals surface area contributed by atoms with Crippen LogP contribution in [-0.4, -0.2) is 5.11 Å². The molecule has 1 heterocycles. The Kier molecular flexibility index (Phi) is 4.44. The van der Waals surface area contributed by atoms with Crippen molar-refractivity contribution in [1.29, 1.82) is 0 Å². The largest absolute Gasteiger partial charge is 0.388 e. The van der Waals surface area contributed by atoms with E-state index in [2.05, 4.69) is 0 Å². The number of benzene rings is 1. The van der Waals surface area contributed by atoms with E-state index in [-0.39, 0.29) is 0 Å². The maximum atomic E-state index is 13.0. The van der Waals surface area contributed by atoms with Crippen LogP contribution in [0.5, 0.6) is 0 Å². The lowest BCUT2D eigenvalue weighted by molar-refractivity contribution is 0.164. The first-order valence-corrected chi connectivity index (χ1v) is 6.69. The molecule has 1 aromatic heterocycles. The van der Waals surface area contributed by atoms with Gasteiger partial charge in [-0.25, -0.2) is 8.78 Å². The van der Waals surface area contributed by atoms with E-state index in [0.717, 1.165) is 18.9 Å². The minimum atomic E-state index is -0.810. The molecule has 96 valence electrons. The van der Waals surface area contributed by atoms with Crippen LogP contribution in [0.15, 0.2) is 35.7 Å². The summed E-state index contributed by atoms with van der Waals surface area (Å²) in [5, 5.41) is 11.9. The van der Waals surface area contributed by atoms with Gasteiger partial charge in [0.15, 0.2) is 0 Å². The third-order valence-corrected chi connectivity index (χ3v) is 3.69. The number of halogens is 2. The number of rotatable bonds is 5. The van der Waals surface area contributed by atoms with Gasteiger partial charge >= 0.3 is 0 Å². The van der Waals surface area contributed by atoms with Gasteiger partial charge in [0.25, 0.3) is 0 Å². The van der Waals surface area contributed by atoms with Gasteiger partial charge in [0, 0.05) is 10.9 Å². The summed E-state index contributed by atoms with van der Waals surface area (Å²) in [5.74, 6) is -1.30. The summed E-state index contributed by atoms with van der Waals surface area (Å²) in [4.78, 5) is 1.26. The number of hydrogen-bond acceptors (Lipinski definition) is 2. The normalized spacial score (nSPS) is 12.6. The van der Waals surface area contributed by atoms with E-state index in [1.165, 1.54) is 17.0 Å². The highest BCUT2D eigenvalue weighted by Gasteiger charge is 2.10. The van der Waals surface area contributed by atoms with E-state index in [4.69, 9.17) is 0 Å². The SMILES string of the molecule is OC(CCCc1cccs1)c1cc(F)cc(F)c1. The summed E-state index contributed by atoms with van der Waals surface area (Å²) >= 11 is 1.67. The van der Waals surface area contributed by atoms with Crippen molar-refractivity contribution in [2.75, 3.05) is 0 Å². The van der Waals surface area contributed by atoms with Crippen molar-refractivity contribution in [2.24, 2.45) is 0 Å². The van der Waals surface area contributed by atoms with Gasteiger partial charge in [-0.15, -0.1) is 11.3 Å². The Labute approximate surface area is 109 Å². The maximum Gasteiger partial charge on any atom is 0.126 e. The summed E-state index contributed by atoms with van der Waals surface area (Å²) < 4.78 is 26.0. The van der Waals surface area contributed by atoms with E-state index in [1.807, 2.05) is 17.5 Å². The molecule has 0 fully saturated rings. The molecule has 1 atom stereocenters. The van der Waals surface area contributed by atoms with Crippen molar-refractivity contribution in [2.45, 2.75) is 25.4 Å². The molecule has 1 unspecified atom stereocenters. The number of aryl methyl sites for hydroxylation is 1. The van der Waals surface area contributed by atoms with Crippen LogP contribution in [0, 0.1) is 11.6 Å². The van der Waals surface area contributed by atoms with Gasteiger partial charge in [0.2, 0.25) is 0 Å². The quantitative estimate of drug-likeness (QED) is 0.866. The predicted molar refractivity (Wildman–Crippen MR) is 68.6 cm³/mol. The van der Waals surface area contributed by atoms with E-state index in [0.29, 0.717) is 12.0 Å². The second-order valence-electron chi connectivity index (χ2n) is 4.19. The molecule has 0 radical (unpaired) electrons. The Bertz CT molecular complexity index is 476. The standard InChI is InChI=1S/C14H14F2OS/c15-11-7-10(8-12(16)9-11)14(17)5-1-3-13-4-2-6-18-13/h2,4,6-9,14,17H,1,3,5H2. The van der Waals surface area contributed by atoms with Crippen molar-refractivity contribution in [3.63, 3.8) is 0 Å². The molecule has 1 aromatic carbocycles.